The van der Waals surface area contributed by atoms with Crippen molar-refractivity contribution in [2.75, 3.05) is 11.9 Å². The van der Waals surface area contributed by atoms with Crippen molar-refractivity contribution in [3.05, 3.63) is 74.4 Å². The van der Waals surface area contributed by atoms with Crippen molar-refractivity contribution in [3.63, 3.8) is 0 Å². The fourth-order valence-corrected chi connectivity index (χ4v) is 4.15. The third-order valence-electron chi connectivity index (χ3n) is 5.85. The maximum Gasteiger partial charge on any atom is 0.352 e. The predicted octanol–water partition coefficient (Wildman–Crippen LogP) is 2.80. The molecule has 194 valence electrons. The molecule has 2 N–H and O–H groups in total. The average molecular weight is 505 g/mol. The van der Waals surface area contributed by atoms with Crippen molar-refractivity contribution in [3.8, 4) is 0 Å². The predicted molar refractivity (Wildman–Crippen MR) is 143 cm³/mol. The number of anilines is 1. The van der Waals surface area contributed by atoms with Crippen LogP contribution in [0.1, 0.15) is 43.6 Å². The molecule has 2 aromatic heterocycles. The van der Waals surface area contributed by atoms with Gasteiger partial charge < -0.3 is 10.6 Å². The van der Waals surface area contributed by atoms with Gasteiger partial charge in [-0.15, -0.1) is 5.10 Å². The molecule has 0 bridgehead atoms. The summed E-state index contributed by atoms with van der Waals surface area (Å²) in [7, 11) is 0. The maximum atomic E-state index is 13.5. The topological polar surface area (TPSA) is 120 Å². The van der Waals surface area contributed by atoms with Gasteiger partial charge in [0.25, 0.3) is 11.5 Å². The minimum atomic E-state index is -0.573. The first-order chi connectivity index (χ1) is 17.5. The van der Waals surface area contributed by atoms with Gasteiger partial charge in [-0.25, -0.2) is 13.9 Å². The van der Waals surface area contributed by atoms with Crippen LogP contribution in [-0.4, -0.2) is 37.1 Å². The number of hydrogen-bond acceptors (Lipinski definition) is 5. The van der Waals surface area contributed by atoms with E-state index in [0.29, 0.717) is 29.7 Å². The molecule has 0 radical (unpaired) electrons. The van der Waals surface area contributed by atoms with Gasteiger partial charge in [-0.05, 0) is 54.7 Å². The fraction of sp³-hybridized carbons (Fsp3) is 0.370. The Morgan fingerprint density at radius 3 is 2.43 bits per heavy atom. The Kier molecular flexibility index (Phi) is 7.28. The molecule has 0 fully saturated rings. The number of amides is 2. The van der Waals surface area contributed by atoms with E-state index in [9.17, 15) is 19.2 Å². The minimum absolute atomic E-state index is 0.102. The van der Waals surface area contributed by atoms with E-state index in [1.54, 1.807) is 18.2 Å². The summed E-state index contributed by atoms with van der Waals surface area (Å²) in [5.74, 6) is -0.227. The Balaban J connectivity index is 1.82. The van der Waals surface area contributed by atoms with Crippen molar-refractivity contribution in [1.29, 1.82) is 0 Å². The van der Waals surface area contributed by atoms with Gasteiger partial charge in [0, 0.05) is 24.3 Å². The molecule has 4 rings (SSSR count). The van der Waals surface area contributed by atoms with E-state index in [2.05, 4.69) is 15.7 Å². The number of aromatic nitrogens is 4. The van der Waals surface area contributed by atoms with Crippen LogP contribution in [0.15, 0.2) is 52.1 Å². The summed E-state index contributed by atoms with van der Waals surface area (Å²) in [5.41, 5.74) is 1.31. The summed E-state index contributed by atoms with van der Waals surface area (Å²) < 4.78 is 3.79. The SMILES string of the molecule is Cc1cccc(NC(=O)Cn2nc3n(CC(C)C)c(=O)c4ccc(C(=O)NCC(C)C)cc4n3c2=O)c1. The highest BCUT2D eigenvalue weighted by Crippen LogP contribution is 2.16. The second kappa shape index (κ2) is 10.4. The van der Waals surface area contributed by atoms with E-state index < -0.39 is 11.6 Å². The molecule has 10 heteroatoms. The molecule has 0 aliphatic carbocycles. The van der Waals surface area contributed by atoms with Crippen LogP contribution in [0.4, 0.5) is 5.69 Å². The molecule has 37 heavy (non-hydrogen) atoms. The summed E-state index contributed by atoms with van der Waals surface area (Å²) in [4.78, 5) is 52.4. The Morgan fingerprint density at radius 2 is 1.76 bits per heavy atom. The zero-order valence-corrected chi connectivity index (χ0v) is 21.7. The Bertz CT molecular complexity index is 1610. The number of carbonyl (C=O) groups is 2. The van der Waals surface area contributed by atoms with Gasteiger partial charge in [0.1, 0.15) is 6.54 Å². The summed E-state index contributed by atoms with van der Waals surface area (Å²) in [6.07, 6.45) is 0. The number of fused-ring (bicyclic) bond motifs is 3. The van der Waals surface area contributed by atoms with Gasteiger partial charge in [0.05, 0.1) is 10.9 Å². The zero-order chi connectivity index (χ0) is 26.9. The molecule has 0 atom stereocenters. The molecular formula is C27H32N6O4. The first-order valence-corrected chi connectivity index (χ1v) is 12.4. The fourth-order valence-electron chi connectivity index (χ4n) is 4.15. The second-order valence-corrected chi connectivity index (χ2v) is 10.1. The molecule has 0 spiro atoms. The number of rotatable bonds is 8. The van der Waals surface area contributed by atoms with Gasteiger partial charge in [0.15, 0.2) is 0 Å². The molecular weight excluding hydrogens is 472 g/mol. The van der Waals surface area contributed by atoms with Gasteiger partial charge in [-0.3, -0.25) is 19.0 Å². The van der Waals surface area contributed by atoms with Gasteiger partial charge in [-0.1, -0.05) is 39.8 Å². The highest BCUT2D eigenvalue weighted by molar-refractivity contribution is 5.98. The lowest BCUT2D eigenvalue weighted by atomic mass is 10.1. The van der Waals surface area contributed by atoms with Crippen LogP contribution in [0.2, 0.25) is 0 Å². The lowest BCUT2D eigenvalue weighted by molar-refractivity contribution is -0.117. The third-order valence-corrected chi connectivity index (χ3v) is 5.85. The van der Waals surface area contributed by atoms with E-state index in [1.165, 1.54) is 15.0 Å². The van der Waals surface area contributed by atoms with Crippen molar-refractivity contribution in [2.45, 2.75) is 47.7 Å². The Morgan fingerprint density at radius 1 is 1.00 bits per heavy atom. The summed E-state index contributed by atoms with van der Waals surface area (Å²) in [5, 5.41) is 10.3. The van der Waals surface area contributed by atoms with Crippen LogP contribution in [0, 0.1) is 18.8 Å². The van der Waals surface area contributed by atoms with Crippen LogP contribution < -0.4 is 21.9 Å². The third kappa shape index (κ3) is 5.47. The monoisotopic (exact) mass is 504 g/mol. The van der Waals surface area contributed by atoms with E-state index in [1.807, 2.05) is 52.8 Å². The molecule has 0 aliphatic rings. The first kappa shape index (κ1) is 25.9. The van der Waals surface area contributed by atoms with E-state index in [4.69, 9.17) is 0 Å². The molecule has 2 heterocycles. The van der Waals surface area contributed by atoms with Crippen LogP contribution in [-0.2, 0) is 17.9 Å². The molecule has 4 aromatic rings. The lowest BCUT2D eigenvalue weighted by Gasteiger charge is -2.13. The maximum absolute atomic E-state index is 13.5. The van der Waals surface area contributed by atoms with Crippen LogP contribution in [0.3, 0.4) is 0 Å². The molecule has 2 aromatic carbocycles. The number of carbonyl (C=O) groups excluding carboxylic acids is 2. The Labute approximate surface area is 213 Å². The summed E-state index contributed by atoms with van der Waals surface area (Å²) >= 11 is 0. The van der Waals surface area contributed by atoms with Crippen molar-refractivity contribution in [1.82, 2.24) is 24.1 Å². The largest absolute Gasteiger partial charge is 0.352 e. The standard InChI is InChI=1S/C27H32N6O4/c1-16(2)13-28-24(35)19-9-10-21-22(12-19)33-26(31(25(21)36)14-17(3)4)30-32(27(33)37)15-23(34)29-20-8-6-7-18(5)11-20/h6-12,16-17H,13-15H2,1-5H3,(H,28,35)(H,29,34). The number of benzene rings is 2. The van der Waals surface area contributed by atoms with Gasteiger partial charge in [0.2, 0.25) is 11.7 Å². The van der Waals surface area contributed by atoms with Crippen molar-refractivity contribution in [2.24, 2.45) is 11.8 Å². The van der Waals surface area contributed by atoms with Gasteiger partial charge in [-0.2, -0.15) is 0 Å². The van der Waals surface area contributed by atoms with E-state index >= 15 is 0 Å². The highest BCUT2D eigenvalue weighted by atomic mass is 16.2. The van der Waals surface area contributed by atoms with Crippen LogP contribution in [0.5, 0.6) is 0 Å². The van der Waals surface area contributed by atoms with Crippen molar-refractivity contribution >= 4 is 34.2 Å². The first-order valence-electron chi connectivity index (χ1n) is 12.4. The molecule has 0 saturated heterocycles. The molecule has 2 amide bonds. The zero-order valence-electron chi connectivity index (χ0n) is 21.7. The smallest absolute Gasteiger partial charge is 0.352 e. The lowest BCUT2D eigenvalue weighted by Crippen LogP contribution is -2.30. The number of aryl methyl sites for hydroxylation is 1. The quantitative estimate of drug-likeness (QED) is 0.382. The summed E-state index contributed by atoms with van der Waals surface area (Å²) in [6.45, 7) is 10.3. The minimum Gasteiger partial charge on any atom is -0.352 e. The molecule has 0 aliphatic heterocycles. The van der Waals surface area contributed by atoms with Crippen molar-refractivity contribution < 1.29 is 9.59 Å². The summed E-state index contributed by atoms with van der Waals surface area (Å²) in [6, 6.07) is 12.0. The van der Waals surface area contributed by atoms with Crippen LogP contribution >= 0.6 is 0 Å². The van der Waals surface area contributed by atoms with Gasteiger partial charge >= 0.3 is 5.69 Å². The number of nitrogens with zero attached hydrogens (tertiary/aromatic N) is 4. The normalized spacial score (nSPS) is 11.5. The molecule has 0 saturated carbocycles. The van der Waals surface area contributed by atoms with E-state index in [-0.39, 0.29) is 41.1 Å². The second-order valence-electron chi connectivity index (χ2n) is 10.1. The van der Waals surface area contributed by atoms with Crippen LogP contribution in [0.25, 0.3) is 16.7 Å². The average Bonchev–Trinajstić information content (AvgIpc) is 3.15. The molecule has 0 unspecified atom stereocenters. The van der Waals surface area contributed by atoms with E-state index in [0.717, 1.165) is 10.2 Å². The number of hydrogen-bond donors (Lipinski definition) is 2. The Hall–Kier alpha value is -4.21. The molecule has 10 nitrogen and oxygen atoms in total. The highest BCUT2D eigenvalue weighted by Gasteiger charge is 2.20. The number of nitrogens with one attached hydrogen (secondary N) is 2.